The summed E-state index contributed by atoms with van der Waals surface area (Å²) in [6, 6.07) is 6.73. The van der Waals surface area contributed by atoms with Gasteiger partial charge in [0, 0.05) is 38.5 Å². The Labute approximate surface area is 194 Å². The van der Waals surface area contributed by atoms with E-state index in [-0.39, 0.29) is 30.6 Å². The van der Waals surface area contributed by atoms with Crippen molar-refractivity contribution in [3.63, 3.8) is 0 Å². The average molecular weight is 461 g/mol. The average Bonchev–Trinajstić information content (AvgIpc) is 2.72. The van der Waals surface area contributed by atoms with Gasteiger partial charge in [-0.15, -0.1) is 0 Å². The van der Waals surface area contributed by atoms with Crippen LogP contribution in [-0.2, 0) is 23.8 Å². The van der Waals surface area contributed by atoms with Gasteiger partial charge in [0.15, 0.2) is 0 Å². The van der Waals surface area contributed by atoms with E-state index in [1.807, 2.05) is 0 Å². The molecule has 1 aromatic carbocycles. The number of carbonyl (C=O) groups excluding carboxylic acids is 3. The van der Waals surface area contributed by atoms with Crippen molar-refractivity contribution in [3.05, 3.63) is 41.1 Å². The molecule has 1 amide bonds. The van der Waals surface area contributed by atoms with Crippen LogP contribution in [-0.4, -0.2) is 69.2 Å². The Morgan fingerprint density at radius 2 is 1.82 bits per heavy atom. The molecule has 9 heteroatoms. The minimum absolute atomic E-state index is 0.0587. The molecule has 0 N–H and O–H groups in total. The maximum atomic E-state index is 13.1. The lowest BCUT2D eigenvalue weighted by molar-refractivity contribution is -0.150. The van der Waals surface area contributed by atoms with Crippen LogP contribution in [0.15, 0.2) is 40.5 Å². The molecule has 2 unspecified atom stereocenters. The highest BCUT2D eigenvalue weighted by molar-refractivity contribution is 6.07. The first-order chi connectivity index (χ1) is 15.6. The number of methoxy groups -OCH3 is 1. The standard InChI is InChI=1S/C24H32N2O7/c1-14(2)32-23(28)20-16(4)25-15(3)19(22(27)31-12-11-30-7)21(20)17-9-8-10-18(13-17)33-24(29)26(5)6/h8-10,13-14,20-21H,11-12H2,1-7H3. The van der Waals surface area contributed by atoms with Crippen molar-refractivity contribution in [2.75, 3.05) is 34.4 Å². The van der Waals surface area contributed by atoms with Gasteiger partial charge < -0.3 is 23.8 Å². The molecule has 0 fully saturated rings. The van der Waals surface area contributed by atoms with Crippen molar-refractivity contribution in [1.29, 1.82) is 0 Å². The van der Waals surface area contributed by atoms with Gasteiger partial charge >= 0.3 is 18.0 Å². The lowest BCUT2D eigenvalue weighted by Crippen LogP contribution is -2.37. The van der Waals surface area contributed by atoms with Crippen LogP contribution in [0, 0.1) is 5.92 Å². The third-order valence-electron chi connectivity index (χ3n) is 4.96. The zero-order valence-electron chi connectivity index (χ0n) is 20.2. The van der Waals surface area contributed by atoms with Gasteiger partial charge in [-0.1, -0.05) is 12.1 Å². The van der Waals surface area contributed by atoms with E-state index in [0.717, 1.165) is 0 Å². The van der Waals surface area contributed by atoms with Gasteiger partial charge in [0.1, 0.15) is 18.3 Å². The van der Waals surface area contributed by atoms with Crippen LogP contribution in [0.25, 0.3) is 0 Å². The number of carbonyl (C=O) groups is 3. The molecule has 0 bridgehead atoms. The third-order valence-corrected chi connectivity index (χ3v) is 4.96. The Morgan fingerprint density at radius 1 is 1.12 bits per heavy atom. The van der Waals surface area contributed by atoms with E-state index in [9.17, 15) is 14.4 Å². The van der Waals surface area contributed by atoms with Crippen LogP contribution in [0.1, 0.15) is 39.2 Å². The fourth-order valence-electron chi connectivity index (χ4n) is 3.53. The van der Waals surface area contributed by atoms with Crippen LogP contribution in [0.3, 0.4) is 0 Å². The first kappa shape index (κ1) is 26.1. The van der Waals surface area contributed by atoms with Crippen LogP contribution in [0.2, 0.25) is 0 Å². The molecule has 33 heavy (non-hydrogen) atoms. The predicted octanol–water partition coefficient (Wildman–Crippen LogP) is 3.34. The number of aliphatic imine (C=N–C) groups is 1. The minimum Gasteiger partial charge on any atom is -0.462 e. The lowest BCUT2D eigenvalue weighted by atomic mass is 9.75. The van der Waals surface area contributed by atoms with Crippen molar-refractivity contribution >= 4 is 23.7 Å². The molecule has 1 aliphatic rings. The van der Waals surface area contributed by atoms with Gasteiger partial charge in [-0.25, -0.2) is 9.59 Å². The molecular weight excluding hydrogens is 428 g/mol. The second kappa shape index (κ2) is 11.6. The molecule has 0 saturated carbocycles. The molecule has 1 heterocycles. The summed E-state index contributed by atoms with van der Waals surface area (Å²) >= 11 is 0. The molecule has 0 spiro atoms. The van der Waals surface area contributed by atoms with Gasteiger partial charge in [0.2, 0.25) is 0 Å². The molecule has 9 nitrogen and oxygen atoms in total. The van der Waals surface area contributed by atoms with Crippen LogP contribution >= 0.6 is 0 Å². The molecule has 0 aromatic heterocycles. The van der Waals surface area contributed by atoms with E-state index in [1.54, 1.807) is 66.1 Å². The summed E-state index contributed by atoms with van der Waals surface area (Å²) in [6.45, 7) is 7.23. The van der Waals surface area contributed by atoms with Crippen molar-refractivity contribution in [3.8, 4) is 5.75 Å². The number of amides is 1. The number of allylic oxidation sites excluding steroid dienone is 1. The molecule has 1 aromatic rings. The molecule has 0 saturated heterocycles. The van der Waals surface area contributed by atoms with E-state index in [2.05, 4.69) is 4.99 Å². The Morgan fingerprint density at radius 3 is 2.42 bits per heavy atom. The van der Waals surface area contributed by atoms with Gasteiger partial charge in [0.25, 0.3) is 0 Å². The third kappa shape index (κ3) is 6.64. The number of nitrogens with zero attached hydrogens (tertiary/aromatic N) is 2. The maximum absolute atomic E-state index is 13.1. The fourth-order valence-corrected chi connectivity index (χ4v) is 3.53. The van der Waals surface area contributed by atoms with E-state index >= 15 is 0 Å². The normalized spacial score (nSPS) is 18.0. The maximum Gasteiger partial charge on any atom is 0.414 e. The number of hydrogen-bond donors (Lipinski definition) is 0. The Balaban J connectivity index is 2.56. The summed E-state index contributed by atoms with van der Waals surface area (Å²) in [4.78, 5) is 44.0. The largest absolute Gasteiger partial charge is 0.462 e. The molecular formula is C24H32N2O7. The van der Waals surface area contributed by atoms with E-state index in [0.29, 0.717) is 17.0 Å². The molecule has 0 radical (unpaired) electrons. The number of benzene rings is 1. The molecule has 1 aliphatic heterocycles. The van der Waals surface area contributed by atoms with Gasteiger partial charge in [-0.2, -0.15) is 0 Å². The number of rotatable bonds is 8. The summed E-state index contributed by atoms with van der Waals surface area (Å²) in [7, 11) is 4.66. The molecule has 0 aliphatic carbocycles. The molecule has 2 atom stereocenters. The Bertz CT molecular complexity index is 950. The minimum atomic E-state index is -0.846. The zero-order chi connectivity index (χ0) is 24.7. The van der Waals surface area contributed by atoms with E-state index < -0.39 is 29.9 Å². The summed E-state index contributed by atoms with van der Waals surface area (Å²) in [6.07, 6.45) is -0.891. The van der Waals surface area contributed by atoms with Crippen molar-refractivity contribution in [2.24, 2.45) is 10.9 Å². The second-order valence-corrected chi connectivity index (χ2v) is 8.16. The van der Waals surface area contributed by atoms with Gasteiger partial charge in [-0.05, 0) is 45.4 Å². The topological polar surface area (TPSA) is 104 Å². The summed E-state index contributed by atoms with van der Waals surface area (Å²) in [5.74, 6) is -2.39. The molecule has 180 valence electrons. The number of hydrogen-bond acceptors (Lipinski definition) is 8. The summed E-state index contributed by atoms with van der Waals surface area (Å²) in [5, 5.41) is 0. The van der Waals surface area contributed by atoms with Crippen LogP contribution in [0.5, 0.6) is 5.75 Å². The van der Waals surface area contributed by atoms with Gasteiger partial charge in [0.05, 0.1) is 18.3 Å². The van der Waals surface area contributed by atoms with Crippen molar-refractivity contribution < 1.29 is 33.3 Å². The van der Waals surface area contributed by atoms with Gasteiger partial charge in [-0.3, -0.25) is 9.79 Å². The smallest absolute Gasteiger partial charge is 0.414 e. The Kier molecular flexibility index (Phi) is 9.16. The number of esters is 2. The van der Waals surface area contributed by atoms with E-state index in [1.165, 1.54) is 12.0 Å². The summed E-state index contributed by atoms with van der Waals surface area (Å²) < 4.78 is 21.2. The zero-order valence-corrected chi connectivity index (χ0v) is 20.2. The highest BCUT2D eigenvalue weighted by Crippen LogP contribution is 2.41. The monoisotopic (exact) mass is 460 g/mol. The SMILES string of the molecule is COCCOC(=O)C1=C(C)N=C(C)C(C(=O)OC(C)C)C1c1cccc(OC(=O)N(C)C)c1. The van der Waals surface area contributed by atoms with E-state index in [4.69, 9.17) is 18.9 Å². The highest BCUT2D eigenvalue weighted by atomic mass is 16.6. The summed E-state index contributed by atoms with van der Waals surface area (Å²) in [5.41, 5.74) is 1.81. The first-order valence-electron chi connectivity index (χ1n) is 10.7. The highest BCUT2D eigenvalue weighted by Gasteiger charge is 2.42. The van der Waals surface area contributed by atoms with Crippen LogP contribution < -0.4 is 4.74 Å². The quantitative estimate of drug-likeness (QED) is 0.433. The predicted molar refractivity (Wildman–Crippen MR) is 122 cm³/mol. The van der Waals surface area contributed by atoms with Crippen LogP contribution in [0.4, 0.5) is 4.79 Å². The van der Waals surface area contributed by atoms with Crippen molar-refractivity contribution in [1.82, 2.24) is 4.90 Å². The Hall–Kier alpha value is -3.20. The van der Waals surface area contributed by atoms with Crippen molar-refractivity contribution in [2.45, 2.75) is 39.7 Å². The molecule has 2 rings (SSSR count). The first-order valence-corrected chi connectivity index (χ1v) is 10.7. The lowest BCUT2D eigenvalue weighted by Gasteiger charge is -2.32. The fraction of sp³-hybridized carbons (Fsp3) is 0.500. The second-order valence-electron chi connectivity index (χ2n) is 8.16. The number of ether oxygens (including phenoxy) is 4.